The van der Waals surface area contributed by atoms with Gasteiger partial charge in [-0.15, -0.1) is 0 Å². The lowest BCUT2D eigenvalue weighted by Gasteiger charge is -2.27. The van der Waals surface area contributed by atoms with Crippen molar-refractivity contribution in [1.29, 1.82) is 0 Å². The second-order valence-electron chi connectivity index (χ2n) is 6.12. The first-order valence-electron chi connectivity index (χ1n) is 8.42. The van der Waals surface area contributed by atoms with Gasteiger partial charge in [0, 0.05) is 15.7 Å². The molecule has 4 nitrogen and oxygen atoms in total. The van der Waals surface area contributed by atoms with Gasteiger partial charge in [-0.3, -0.25) is 4.79 Å². The van der Waals surface area contributed by atoms with E-state index in [1.807, 2.05) is 48.5 Å². The van der Waals surface area contributed by atoms with Gasteiger partial charge in [0.2, 0.25) is 3.79 Å². The van der Waals surface area contributed by atoms with Crippen molar-refractivity contribution in [3.8, 4) is 0 Å². The second-order valence-corrected chi connectivity index (χ2v) is 9.81. The van der Waals surface area contributed by atoms with Crippen molar-refractivity contribution in [3.05, 3.63) is 76.8 Å². The van der Waals surface area contributed by atoms with Crippen molar-refractivity contribution in [3.63, 3.8) is 0 Å². The van der Waals surface area contributed by atoms with E-state index in [4.69, 9.17) is 47.0 Å². The highest BCUT2D eigenvalue weighted by molar-refractivity contribution is 9.10. The zero-order chi connectivity index (χ0) is 21.0. The molecule has 0 aliphatic rings. The maximum Gasteiger partial charge on any atom is 0.253 e. The Kier molecular flexibility index (Phi) is 7.24. The second kappa shape index (κ2) is 9.49. The van der Waals surface area contributed by atoms with E-state index in [0.29, 0.717) is 5.56 Å². The molecule has 1 atom stereocenters. The van der Waals surface area contributed by atoms with Crippen LogP contribution >= 0.6 is 63.0 Å². The summed E-state index contributed by atoms with van der Waals surface area (Å²) < 4.78 is -1.08. The van der Waals surface area contributed by atoms with Crippen LogP contribution in [0.2, 0.25) is 0 Å². The molecule has 0 bridgehead atoms. The number of nitrogens with one attached hydrogen (secondary N) is 3. The molecular weight excluding hydrogens is 517 g/mol. The minimum atomic E-state index is -1.84. The molecule has 150 valence electrons. The fraction of sp³-hybridized carbons (Fsp3) is 0.100. The van der Waals surface area contributed by atoms with Crippen LogP contribution in [0.5, 0.6) is 0 Å². The van der Waals surface area contributed by atoms with Gasteiger partial charge in [-0.2, -0.15) is 0 Å². The number of fused-ring (bicyclic) bond motifs is 1. The highest BCUT2D eigenvalue weighted by Gasteiger charge is 2.35. The van der Waals surface area contributed by atoms with Gasteiger partial charge in [0.1, 0.15) is 6.17 Å². The molecule has 0 aliphatic carbocycles. The molecule has 29 heavy (non-hydrogen) atoms. The predicted molar refractivity (Wildman–Crippen MR) is 129 cm³/mol. The first-order chi connectivity index (χ1) is 13.7. The van der Waals surface area contributed by atoms with E-state index in [1.165, 1.54) is 0 Å². The van der Waals surface area contributed by atoms with Gasteiger partial charge in [0.15, 0.2) is 5.11 Å². The molecule has 0 fully saturated rings. The summed E-state index contributed by atoms with van der Waals surface area (Å²) in [6.45, 7) is 0. The van der Waals surface area contributed by atoms with Gasteiger partial charge in [-0.1, -0.05) is 87.1 Å². The van der Waals surface area contributed by atoms with Crippen LogP contribution in [-0.4, -0.2) is 21.0 Å². The molecule has 0 saturated carbocycles. The summed E-state index contributed by atoms with van der Waals surface area (Å²) >= 11 is 26.8. The Labute approximate surface area is 197 Å². The van der Waals surface area contributed by atoms with E-state index in [2.05, 4.69) is 31.9 Å². The first-order valence-corrected chi connectivity index (χ1v) is 10.8. The van der Waals surface area contributed by atoms with Crippen molar-refractivity contribution < 1.29 is 4.79 Å². The third-order valence-electron chi connectivity index (χ3n) is 3.97. The summed E-state index contributed by atoms with van der Waals surface area (Å²) in [7, 11) is 0. The quantitative estimate of drug-likeness (QED) is 0.219. The lowest BCUT2D eigenvalue weighted by atomic mass is 10.1. The van der Waals surface area contributed by atoms with E-state index in [-0.39, 0.29) is 5.11 Å². The Morgan fingerprint density at radius 2 is 1.66 bits per heavy atom. The first kappa shape index (κ1) is 22.1. The molecule has 0 spiro atoms. The zero-order valence-electron chi connectivity index (χ0n) is 14.8. The smallest absolute Gasteiger partial charge is 0.253 e. The summed E-state index contributed by atoms with van der Waals surface area (Å²) in [5, 5.41) is 10.9. The number of rotatable bonds is 4. The minimum absolute atomic E-state index is 0.200. The summed E-state index contributed by atoms with van der Waals surface area (Å²) in [6, 6.07) is 20.6. The van der Waals surface area contributed by atoms with E-state index in [0.717, 1.165) is 20.9 Å². The summed E-state index contributed by atoms with van der Waals surface area (Å²) in [6.07, 6.45) is -1.06. The van der Waals surface area contributed by atoms with Gasteiger partial charge in [-0.25, -0.2) is 0 Å². The molecule has 3 aromatic carbocycles. The summed E-state index contributed by atoms with van der Waals surface area (Å²) in [5.41, 5.74) is 1.18. The van der Waals surface area contributed by atoms with Gasteiger partial charge in [-0.05, 0) is 53.3 Å². The Balaban J connectivity index is 1.70. The van der Waals surface area contributed by atoms with Gasteiger partial charge in [0.25, 0.3) is 5.91 Å². The number of thiocarbonyl (C=S) groups is 1. The molecule has 0 aromatic heterocycles. The number of hydrogen-bond donors (Lipinski definition) is 3. The topological polar surface area (TPSA) is 53.2 Å². The highest BCUT2D eigenvalue weighted by Crippen LogP contribution is 2.29. The van der Waals surface area contributed by atoms with Crippen LogP contribution in [0.3, 0.4) is 0 Å². The van der Waals surface area contributed by atoms with Crippen LogP contribution in [0.25, 0.3) is 10.8 Å². The van der Waals surface area contributed by atoms with E-state index in [9.17, 15) is 4.79 Å². The molecule has 3 aromatic rings. The molecule has 0 aliphatic heterocycles. The van der Waals surface area contributed by atoms with Crippen LogP contribution in [0.15, 0.2) is 71.2 Å². The monoisotopic (exact) mass is 529 g/mol. The summed E-state index contributed by atoms with van der Waals surface area (Å²) in [5.74, 6) is -0.413. The Morgan fingerprint density at radius 3 is 2.34 bits per heavy atom. The van der Waals surface area contributed by atoms with E-state index >= 15 is 0 Å². The Bertz CT molecular complexity index is 1060. The molecule has 3 N–H and O–H groups in total. The standard InChI is InChI=1S/C20H15BrCl3N3OS/c21-15-7-3-6-14(10-15)17(28)26-18(20(22,23)24)27-19(29)25-16-9-8-12-4-1-2-5-13(12)11-16/h1-11,18H,(H,26,28)(H2,25,27,29)/t18-/m1/s1. The van der Waals surface area contributed by atoms with Crippen molar-refractivity contribution in [2.75, 3.05) is 5.32 Å². The lowest BCUT2D eigenvalue weighted by Crippen LogP contribution is -2.56. The molecule has 0 radical (unpaired) electrons. The molecule has 0 heterocycles. The molecule has 9 heteroatoms. The zero-order valence-corrected chi connectivity index (χ0v) is 19.4. The maximum absolute atomic E-state index is 12.5. The summed E-state index contributed by atoms with van der Waals surface area (Å²) in [4.78, 5) is 12.5. The fourth-order valence-corrected chi connectivity index (χ4v) is 3.57. The van der Waals surface area contributed by atoms with Crippen LogP contribution < -0.4 is 16.0 Å². The van der Waals surface area contributed by atoms with Crippen LogP contribution in [0, 0.1) is 0 Å². The number of carbonyl (C=O) groups excluding carboxylic acids is 1. The third kappa shape index (κ3) is 6.20. The van der Waals surface area contributed by atoms with Gasteiger partial charge >= 0.3 is 0 Å². The average Bonchev–Trinajstić information content (AvgIpc) is 2.66. The largest absolute Gasteiger partial charge is 0.339 e. The predicted octanol–water partition coefficient (Wildman–Crippen LogP) is 6.02. The molecule has 3 rings (SSSR count). The van der Waals surface area contributed by atoms with Crippen molar-refractivity contribution in [1.82, 2.24) is 10.6 Å². The molecular formula is C20H15BrCl3N3OS. The maximum atomic E-state index is 12.5. The third-order valence-corrected chi connectivity index (χ3v) is 5.34. The number of anilines is 1. The number of amides is 1. The van der Waals surface area contributed by atoms with Crippen molar-refractivity contribution in [2.24, 2.45) is 0 Å². The number of benzene rings is 3. The van der Waals surface area contributed by atoms with Crippen LogP contribution in [0.4, 0.5) is 5.69 Å². The molecule has 1 amide bonds. The number of halogens is 4. The lowest BCUT2D eigenvalue weighted by molar-refractivity contribution is 0.0934. The van der Waals surface area contributed by atoms with E-state index < -0.39 is 15.9 Å². The average molecular weight is 532 g/mol. The van der Waals surface area contributed by atoms with Crippen molar-refractivity contribution >= 4 is 90.4 Å². The molecule has 0 saturated heterocycles. The van der Waals surface area contributed by atoms with Crippen LogP contribution in [-0.2, 0) is 0 Å². The van der Waals surface area contributed by atoms with Gasteiger partial charge in [0.05, 0.1) is 0 Å². The molecule has 0 unspecified atom stereocenters. The van der Waals surface area contributed by atoms with E-state index in [1.54, 1.807) is 18.2 Å². The normalized spacial score (nSPS) is 12.3. The Morgan fingerprint density at radius 1 is 0.931 bits per heavy atom. The van der Waals surface area contributed by atoms with Crippen molar-refractivity contribution in [2.45, 2.75) is 9.96 Å². The number of carbonyl (C=O) groups is 1. The number of alkyl halides is 3. The highest BCUT2D eigenvalue weighted by atomic mass is 79.9. The Hall–Kier alpha value is -1.57. The SMILES string of the molecule is O=C(N[C@H](NC(=S)Nc1ccc2ccccc2c1)C(Cl)(Cl)Cl)c1cccc(Br)c1. The van der Waals surface area contributed by atoms with Crippen LogP contribution in [0.1, 0.15) is 10.4 Å². The minimum Gasteiger partial charge on any atom is -0.339 e. The van der Waals surface area contributed by atoms with Gasteiger partial charge < -0.3 is 16.0 Å². The fourth-order valence-electron chi connectivity index (χ4n) is 2.61. The number of hydrogen-bond acceptors (Lipinski definition) is 2.